The number of aliphatic hydroxyl groups excluding tert-OH is 2. The quantitative estimate of drug-likeness (QED) is 0.845. The Kier molecular flexibility index (Phi) is 3.22. The Morgan fingerprint density at radius 2 is 1.71 bits per heavy atom. The summed E-state index contributed by atoms with van der Waals surface area (Å²) >= 11 is 0. The van der Waals surface area contributed by atoms with Crippen molar-refractivity contribution in [3.8, 4) is 0 Å². The average Bonchev–Trinajstić information content (AvgIpc) is 2.36. The molecule has 0 bridgehead atoms. The zero-order chi connectivity index (χ0) is 12.4. The van der Waals surface area contributed by atoms with Crippen molar-refractivity contribution in [2.45, 2.75) is 19.1 Å². The van der Waals surface area contributed by atoms with Gasteiger partial charge in [-0.05, 0) is 23.3 Å². The molecular formula is C14H14O3. The Morgan fingerprint density at radius 1 is 1.06 bits per heavy atom. The molecule has 0 aliphatic rings. The summed E-state index contributed by atoms with van der Waals surface area (Å²) in [4.78, 5) is 11.1. The summed E-state index contributed by atoms with van der Waals surface area (Å²) in [6, 6.07) is 13.0. The first-order valence-corrected chi connectivity index (χ1v) is 5.45. The van der Waals surface area contributed by atoms with Crippen molar-refractivity contribution < 1.29 is 15.0 Å². The van der Waals surface area contributed by atoms with Crippen LogP contribution in [0.1, 0.15) is 18.6 Å². The van der Waals surface area contributed by atoms with Crippen LogP contribution >= 0.6 is 0 Å². The Morgan fingerprint density at radius 3 is 2.41 bits per heavy atom. The summed E-state index contributed by atoms with van der Waals surface area (Å²) in [5, 5.41) is 21.4. The molecule has 2 aromatic rings. The average molecular weight is 230 g/mol. The molecule has 2 aromatic carbocycles. The van der Waals surface area contributed by atoms with E-state index in [0.717, 1.165) is 10.8 Å². The van der Waals surface area contributed by atoms with Crippen molar-refractivity contribution in [2.24, 2.45) is 0 Å². The second-order valence-corrected chi connectivity index (χ2v) is 4.07. The van der Waals surface area contributed by atoms with E-state index < -0.39 is 18.0 Å². The minimum atomic E-state index is -1.37. The normalized spacial score (nSPS) is 14.5. The van der Waals surface area contributed by atoms with E-state index in [-0.39, 0.29) is 0 Å². The third-order valence-corrected chi connectivity index (χ3v) is 2.86. The summed E-state index contributed by atoms with van der Waals surface area (Å²) in [7, 11) is 0. The smallest absolute Gasteiger partial charge is 0.161 e. The number of ketones is 1. The molecule has 3 heteroatoms. The summed E-state index contributed by atoms with van der Waals surface area (Å²) < 4.78 is 0. The number of carbonyl (C=O) groups excluding carboxylic acids is 1. The Balaban J connectivity index is 2.52. The third kappa shape index (κ3) is 2.20. The van der Waals surface area contributed by atoms with Crippen LogP contribution in [-0.2, 0) is 4.79 Å². The van der Waals surface area contributed by atoms with E-state index in [2.05, 4.69) is 0 Å². The third-order valence-electron chi connectivity index (χ3n) is 2.86. The highest BCUT2D eigenvalue weighted by atomic mass is 16.3. The van der Waals surface area contributed by atoms with E-state index in [1.165, 1.54) is 6.92 Å². The lowest BCUT2D eigenvalue weighted by molar-refractivity contribution is -0.130. The molecule has 0 aliphatic carbocycles. The fourth-order valence-corrected chi connectivity index (χ4v) is 1.90. The highest BCUT2D eigenvalue weighted by Crippen LogP contribution is 2.26. The first-order chi connectivity index (χ1) is 8.11. The molecule has 0 spiro atoms. The molecule has 0 aliphatic heterocycles. The first kappa shape index (κ1) is 11.8. The van der Waals surface area contributed by atoms with E-state index >= 15 is 0 Å². The maximum atomic E-state index is 11.1. The largest absolute Gasteiger partial charge is 0.385 e. The van der Waals surface area contributed by atoms with Gasteiger partial charge >= 0.3 is 0 Å². The van der Waals surface area contributed by atoms with Gasteiger partial charge in [0.15, 0.2) is 5.78 Å². The number of carbonyl (C=O) groups is 1. The lowest BCUT2D eigenvalue weighted by Gasteiger charge is -2.17. The second-order valence-electron chi connectivity index (χ2n) is 4.07. The van der Waals surface area contributed by atoms with Crippen LogP contribution in [0.4, 0.5) is 0 Å². The highest BCUT2D eigenvalue weighted by Gasteiger charge is 2.23. The summed E-state index contributed by atoms with van der Waals surface area (Å²) in [6.45, 7) is 1.26. The van der Waals surface area contributed by atoms with Gasteiger partial charge in [-0.25, -0.2) is 0 Å². The minimum Gasteiger partial charge on any atom is -0.385 e. The van der Waals surface area contributed by atoms with Crippen LogP contribution in [0, 0.1) is 0 Å². The molecule has 0 fully saturated rings. The fourth-order valence-electron chi connectivity index (χ4n) is 1.90. The van der Waals surface area contributed by atoms with Gasteiger partial charge < -0.3 is 10.2 Å². The Bertz CT molecular complexity index is 543. The lowest BCUT2D eigenvalue weighted by atomic mass is 9.96. The van der Waals surface area contributed by atoms with Gasteiger partial charge in [0, 0.05) is 0 Å². The van der Waals surface area contributed by atoms with E-state index in [0.29, 0.717) is 5.56 Å². The lowest BCUT2D eigenvalue weighted by Crippen LogP contribution is -2.25. The van der Waals surface area contributed by atoms with Crippen molar-refractivity contribution in [1.82, 2.24) is 0 Å². The maximum absolute atomic E-state index is 11.1. The van der Waals surface area contributed by atoms with Crippen LogP contribution in [0.5, 0.6) is 0 Å². The van der Waals surface area contributed by atoms with Gasteiger partial charge in [-0.3, -0.25) is 4.79 Å². The Hall–Kier alpha value is -1.71. The molecular weight excluding hydrogens is 216 g/mol. The molecule has 2 atom stereocenters. The molecule has 0 saturated heterocycles. The molecule has 0 heterocycles. The molecule has 88 valence electrons. The molecule has 0 radical (unpaired) electrons. The number of hydrogen-bond donors (Lipinski definition) is 2. The van der Waals surface area contributed by atoms with Gasteiger partial charge in [0.25, 0.3) is 0 Å². The van der Waals surface area contributed by atoms with Crippen LogP contribution in [0.25, 0.3) is 10.8 Å². The van der Waals surface area contributed by atoms with Crippen LogP contribution in [0.2, 0.25) is 0 Å². The number of rotatable bonds is 3. The van der Waals surface area contributed by atoms with E-state index in [9.17, 15) is 15.0 Å². The molecule has 0 unspecified atom stereocenters. The second kappa shape index (κ2) is 4.65. The number of aliphatic hydroxyl groups is 2. The first-order valence-electron chi connectivity index (χ1n) is 5.45. The molecule has 3 nitrogen and oxygen atoms in total. The summed E-state index contributed by atoms with van der Waals surface area (Å²) in [5.41, 5.74) is 0.575. The fraction of sp³-hybridized carbons (Fsp3) is 0.214. The minimum absolute atomic E-state index is 0.439. The monoisotopic (exact) mass is 230 g/mol. The molecule has 17 heavy (non-hydrogen) atoms. The van der Waals surface area contributed by atoms with Crippen molar-refractivity contribution in [3.63, 3.8) is 0 Å². The number of Topliss-reactive ketones (excluding diaryl/α,β-unsaturated/α-hetero) is 1. The predicted octanol–water partition coefficient (Wildman–Crippen LogP) is 1.82. The van der Waals surface area contributed by atoms with E-state index in [1.54, 1.807) is 12.1 Å². The van der Waals surface area contributed by atoms with E-state index in [1.807, 2.05) is 30.3 Å². The topological polar surface area (TPSA) is 57.5 Å². The van der Waals surface area contributed by atoms with Gasteiger partial charge in [-0.15, -0.1) is 0 Å². The number of hydrogen-bond acceptors (Lipinski definition) is 3. The van der Waals surface area contributed by atoms with Crippen LogP contribution in [0.3, 0.4) is 0 Å². The van der Waals surface area contributed by atoms with Gasteiger partial charge in [-0.1, -0.05) is 42.5 Å². The van der Waals surface area contributed by atoms with Crippen molar-refractivity contribution in [1.29, 1.82) is 0 Å². The van der Waals surface area contributed by atoms with Gasteiger partial charge in [0.1, 0.15) is 12.2 Å². The molecule has 2 rings (SSSR count). The standard InChI is InChI=1S/C14H14O3/c1-9(15)13(16)14(17)12-8-4-6-10-5-2-3-7-11(10)12/h2-8,13-14,16-17H,1H3/t13-,14-/m0/s1. The predicted molar refractivity (Wildman–Crippen MR) is 65.6 cm³/mol. The van der Waals surface area contributed by atoms with Crippen LogP contribution < -0.4 is 0 Å². The SMILES string of the molecule is CC(=O)[C@H](O)[C@@H](O)c1cccc2ccccc12. The highest BCUT2D eigenvalue weighted by molar-refractivity contribution is 5.87. The molecule has 2 N–H and O–H groups in total. The number of fused-ring (bicyclic) bond motifs is 1. The zero-order valence-corrected chi connectivity index (χ0v) is 9.50. The molecule has 0 amide bonds. The number of benzene rings is 2. The van der Waals surface area contributed by atoms with Gasteiger partial charge in [-0.2, -0.15) is 0 Å². The van der Waals surface area contributed by atoms with Crippen LogP contribution in [0.15, 0.2) is 42.5 Å². The Labute approximate surface area is 99.3 Å². The van der Waals surface area contributed by atoms with Crippen molar-refractivity contribution in [2.75, 3.05) is 0 Å². The molecule has 0 aromatic heterocycles. The van der Waals surface area contributed by atoms with Crippen molar-refractivity contribution in [3.05, 3.63) is 48.0 Å². The molecule has 0 saturated carbocycles. The maximum Gasteiger partial charge on any atom is 0.161 e. The summed E-state index contributed by atoms with van der Waals surface area (Å²) in [6.07, 6.45) is -2.56. The zero-order valence-electron chi connectivity index (χ0n) is 9.50. The summed E-state index contributed by atoms with van der Waals surface area (Å²) in [5.74, 6) is -0.439. The van der Waals surface area contributed by atoms with Crippen LogP contribution in [-0.4, -0.2) is 22.1 Å². The van der Waals surface area contributed by atoms with Crippen molar-refractivity contribution >= 4 is 16.6 Å². The van der Waals surface area contributed by atoms with Gasteiger partial charge in [0.2, 0.25) is 0 Å². The van der Waals surface area contributed by atoms with Gasteiger partial charge in [0.05, 0.1) is 0 Å². The van der Waals surface area contributed by atoms with E-state index in [4.69, 9.17) is 0 Å².